The molecule has 0 aliphatic rings. The molecule has 0 saturated heterocycles. The van der Waals surface area contributed by atoms with Gasteiger partial charge in [0.1, 0.15) is 5.82 Å². The van der Waals surface area contributed by atoms with Crippen LogP contribution in [-0.2, 0) is 18.5 Å². The van der Waals surface area contributed by atoms with Crippen molar-refractivity contribution in [1.29, 1.82) is 0 Å². The van der Waals surface area contributed by atoms with Crippen molar-refractivity contribution >= 4 is 5.96 Å². The van der Waals surface area contributed by atoms with Crippen molar-refractivity contribution in [3.8, 4) is 0 Å². The Morgan fingerprint density at radius 1 is 1.25 bits per heavy atom. The minimum Gasteiger partial charge on any atom is -0.357 e. The molecule has 1 heterocycles. The van der Waals surface area contributed by atoms with Gasteiger partial charge in [-0.25, -0.2) is 9.38 Å². The number of rotatable bonds is 5. The lowest BCUT2D eigenvalue weighted by Crippen LogP contribution is -2.37. The summed E-state index contributed by atoms with van der Waals surface area (Å²) in [6, 6.07) is 6.60. The molecule has 0 bridgehead atoms. The summed E-state index contributed by atoms with van der Waals surface area (Å²) < 4.78 is 18.9. The lowest BCUT2D eigenvalue weighted by molar-refractivity contribution is 0.318. The van der Waals surface area contributed by atoms with Crippen LogP contribution in [-0.4, -0.2) is 22.6 Å². The summed E-state index contributed by atoms with van der Waals surface area (Å²) in [5, 5.41) is 10.2. The Labute approximate surface area is 141 Å². The molecule has 0 aliphatic carbocycles. The lowest BCUT2D eigenvalue weighted by atomic mass is 9.97. The number of aromatic nitrogens is 2. The van der Waals surface area contributed by atoms with E-state index in [2.05, 4.69) is 25.8 Å². The molecule has 0 atom stereocenters. The first-order valence-corrected chi connectivity index (χ1v) is 7.99. The van der Waals surface area contributed by atoms with Gasteiger partial charge in [0.25, 0.3) is 0 Å². The predicted molar refractivity (Wildman–Crippen MR) is 91.1 cm³/mol. The van der Waals surface area contributed by atoms with E-state index >= 15 is 0 Å². The molecule has 1 aromatic heterocycles. The van der Waals surface area contributed by atoms with Gasteiger partial charge >= 0.3 is 0 Å². The Kier molecular flexibility index (Phi) is 5.89. The van der Waals surface area contributed by atoms with Crippen LogP contribution in [0.15, 0.2) is 33.8 Å². The second kappa shape index (κ2) is 7.90. The third-order valence-electron chi connectivity index (χ3n) is 3.23. The first kappa shape index (κ1) is 17.9. The van der Waals surface area contributed by atoms with Crippen LogP contribution in [0.4, 0.5) is 4.39 Å². The van der Waals surface area contributed by atoms with Gasteiger partial charge in [0, 0.05) is 17.5 Å². The number of halogens is 1. The Morgan fingerprint density at radius 2 is 2.00 bits per heavy atom. The van der Waals surface area contributed by atoms with E-state index in [1.54, 1.807) is 18.2 Å². The van der Waals surface area contributed by atoms with E-state index < -0.39 is 0 Å². The van der Waals surface area contributed by atoms with Crippen molar-refractivity contribution < 1.29 is 8.91 Å². The van der Waals surface area contributed by atoms with E-state index in [0.717, 1.165) is 0 Å². The molecule has 0 amide bonds. The van der Waals surface area contributed by atoms with Crippen LogP contribution in [0.25, 0.3) is 0 Å². The van der Waals surface area contributed by atoms with Crippen LogP contribution in [0.3, 0.4) is 0 Å². The highest BCUT2D eigenvalue weighted by Crippen LogP contribution is 2.19. The Morgan fingerprint density at radius 3 is 2.62 bits per heavy atom. The highest BCUT2D eigenvalue weighted by molar-refractivity contribution is 5.79. The van der Waals surface area contributed by atoms with Gasteiger partial charge in [-0.1, -0.05) is 44.1 Å². The van der Waals surface area contributed by atoms with Gasteiger partial charge < -0.3 is 15.2 Å². The molecule has 2 aromatic rings. The minimum atomic E-state index is -0.259. The number of benzene rings is 1. The topological polar surface area (TPSA) is 75.3 Å². The molecule has 1 aromatic carbocycles. The van der Waals surface area contributed by atoms with E-state index in [4.69, 9.17) is 4.52 Å². The maximum atomic E-state index is 13.6. The van der Waals surface area contributed by atoms with Gasteiger partial charge in [-0.15, -0.1) is 0 Å². The SMILES string of the molecule is CCNC(=NCc1ccccc1F)NCc1noc(C(C)(C)C)n1. The van der Waals surface area contributed by atoms with Crippen molar-refractivity contribution in [3.63, 3.8) is 0 Å². The first-order valence-electron chi connectivity index (χ1n) is 7.99. The smallest absolute Gasteiger partial charge is 0.232 e. The number of aliphatic imine (C=N–C) groups is 1. The number of hydrogen-bond acceptors (Lipinski definition) is 4. The highest BCUT2D eigenvalue weighted by atomic mass is 19.1. The number of guanidine groups is 1. The molecule has 0 aliphatic heterocycles. The average molecular weight is 333 g/mol. The van der Waals surface area contributed by atoms with Gasteiger partial charge in [0.15, 0.2) is 11.8 Å². The highest BCUT2D eigenvalue weighted by Gasteiger charge is 2.21. The molecule has 7 heteroatoms. The Balaban J connectivity index is 1.99. The van der Waals surface area contributed by atoms with Crippen molar-refractivity contribution in [2.75, 3.05) is 6.54 Å². The van der Waals surface area contributed by atoms with Crippen LogP contribution < -0.4 is 10.6 Å². The van der Waals surface area contributed by atoms with Crippen LogP contribution >= 0.6 is 0 Å². The van der Waals surface area contributed by atoms with Gasteiger partial charge in [0.05, 0.1) is 13.1 Å². The predicted octanol–water partition coefficient (Wildman–Crippen LogP) is 2.76. The van der Waals surface area contributed by atoms with Gasteiger partial charge in [-0.2, -0.15) is 4.98 Å². The molecular weight excluding hydrogens is 309 g/mol. The summed E-state index contributed by atoms with van der Waals surface area (Å²) in [6.45, 7) is 9.33. The summed E-state index contributed by atoms with van der Waals surface area (Å²) in [6.07, 6.45) is 0. The summed E-state index contributed by atoms with van der Waals surface area (Å²) in [5.41, 5.74) is 0.360. The second-order valence-electron chi connectivity index (χ2n) is 6.41. The maximum Gasteiger partial charge on any atom is 0.232 e. The third kappa shape index (κ3) is 5.04. The molecule has 24 heavy (non-hydrogen) atoms. The van der Waals surface area contributed by atoms with E-state index in [9.17, 15) is 4.39 Å². The molecule has 0 saturated carbocycles. The fourth-order valence-electron chi connectivity index (χ4n) is 1.93. The van der Waals surface area contributed by atoms with Crippen LogP contribution in [0.1, 0.15) is 45.0 Å². The third-order valence-corrected chi connectivity index (χ3v) is 3.23. The van der Waals surface area contributed by atoms with E-state index in [1.807, 2.05) is 27.7 Å². The van der Waals surface area contributed by atoms with E-state index in [1.165, 1.54) is 6.07 Å². The normalized spacial score (nSPS) is 12.3. The molecule has 0 radical (unpaired) electrons. The van der Waals surface area contributed by atoms with Crippen LogP contribution in [0.5, 0.6) is 0 Å². The zero-order valence-corrected chi connectivity index (χ0v) is 14.6. The number of nitrogens with zero attached hydrogens (tertiary/aromatic N) is 3. The molecule has 0 unspecified atom stereocenters. The van der Waals surface area contributed by atoms with Crippen molar-refractivity contribution in [2.45, 2.75) is 46.2 Å². The quantitative estimate of drug-likeness (QED) is 0.650. The molecule has 0 spiro atoms. The Hall–Kier alpha value is -2.44. The maximum absolute atomic E-state index is 13.6. The zero-order chi connectivity index (χ0) is 17.6. The molecule has 2 rings (SSSR count). The van der Waals surface area contributed by atoms with Crippen LogP contribution in [0, 0.1) is 5.82 Å². The van der Waals surface area contributed by atoms with Gasteiger partial charge in [-0.3, -0.25) is 0 Å². The molecule has 6 nitrogen and oxygen atoms in total. The number of hydrogen-bond donors (Lipinski definition) is 2. The fourth-order valence-corrected chi connectivity index (χ4v) is 1.93. The van der Waals surface area contributed by atoms with E-state index in [-0.39, 0.29) is 17.8 Å². The first-order chi connectivity index (χ1) is 11.4. The van der Waals surface area contributed by atoms with Crippen molar-refractivity contribution in [3.05, 3.63) is 47.4 Å². The molecule has 0 fully saturated rings. The molecular formula is C17H24FN5O. The summed E-state index contributed by atoms with van der Waals surface area (Å²) in [4.78, 5) is 8.75. The standard InChI is InChI=1S/C17H24FN5O/c1-5-19-16(20-10-12-8-6-7-9-13(12)18)21-11-14-22-15(24-23-14)17(2,3)4/h6-9H,5,10-11H2,1-4H3,(H2,19,20,21). The summed E-state index contributed by atoms with van der Waals surface area (Å²) >= 11 is 0. The van der Waals surface area contributed by atoms with Gasteiger partial charge in [-0.05, 0) is 13.0 Å². The lowest BCUT2D eigenvalue weighted by Gasteiger charge is -2.11. The second-order valence-corrected chi connectivity index (χ2v) is 6.41. The molecule has 2 N–H and O–H groups in total. The minimum absolute atomic E-state index is 0.186. The average Bonchev–Trinajstić information content (AvgIpc) is 3.00. The van der Waals surface area contributed by atoms with Crippen molar-refractivity contribution in [1.82, 2.24) is 20.8 Å². The molecule has 130 valence electrons. The fraction of sp³-hybridized carbons (Fsp3) is 0.471. The number of nitrogens with one attached hydrogen (secondary N) is 2. The monoisotopic (exact) mass is 333 g/mol. The zero-order valence-electron chi connectivity index (χ0n) is 14.6. The summed E-state index contributed by atoms with van der Waals surface area (Å²) in [7, 11) is 0. The van der Waals surface area contributed by atoms with Crippen molar-refractivity contribution in [2.24, 2.45) is 4.99 Å². The van der Waals surface area contributed by atoms with Gasteiger partial charge in [0.2, 0.25) is 5.89 Å². The van der Waals surface area contributed by atoms with E-state index in [0.29, 0.717) is 36.3 Å². The largest absolute Gasteiger partial charge is 0.357 e. The van der Waals surface area contributed by atoms with Crippen LogP contribution in [0.2, 0.25) is 0 Å². The Bertz CT molecular complexity index is 690. The summed E-state index contributed by atoms with van der Waals surface area (Å²) in [5.74, 6) is 1.46.